The van der Waals surface area contributed by atoms with Crippen molar-refractivity contribution in [3.8, 4) is 0 Å². The molecular formula is C20H23FN4O2. The Labute approximate surface area is 158 Å². The number of rotatable bonds is 3. The third-order valence-electron chi connectivity index (χ3n) is 4.59. The quantitative estimate of drug-likeness (QED) is 0.842. The maximum atomic E-state index is 13.9. The van der Waals surface area contributed by atoms with Gasteiger partial charge in [0.2, 0.25) is 0 Å². The topological polar surface area (TPSA) is 55.9 Å². The summed E-state index contributed by atoms with van der Waals surface area (Å²) in [6.07, 6.45) is 0. The molecule has 1 heterocycles. The van der Waals surface area contributed by atoms with E-state index in [4.69, 9.17) is 0 Å². The minimum absolute atomic E-state index is 0.282. The number of piperazine rings is 1. The predicted molar refractivity (Wildman–Crippen MR) is 105 cm³/mol. The molecule has 2 aromatic carbocycles. The van der Waals surface area contributed by atoms with E-state index in [0.717, 1.165) is 5.69 Å². The van der Waals surface area contributed by atoms with Crippen molar-refractivity contribution < 1.29 is 14.0 Å². The van der Waals surface area contributed by atoms with Gasteiger partial charge in [0.25, 0.3) is 0 Å². The molecule has 1 saturated heterocycles. The summed E-state index contributed by atoms with van der Waals surface area (Å²) in [4.78, 5) is 30.2. The minimum Gasteiger partial charge on any atom is -0.376 e. The summed E-state index contributed by atoms with van der Waals surface area (Å²) in [6.45, 7) is 1.70. The van der Waals surface area contributed by atoms with Crippen molar-refractivity contribution in [1.29, 1.82) is 0 Å². The number of carbonyl (C=O) groups is 2. The van der Waals surface area contributed by atoms with Crippen molar-refractivity contribution in [3.05, 3.63) is 54.3 Å². The lowest BCUT2D eigenvalue weighted by Crippen LogP contribution is -2.51. The van der Waals surface area contributed by atoms with E-state index >= 15 is 0 Å². The summed E-state index contributed by atoms with van der Waals surface area (Å²) in [5, 5.41) is 2.70. The molecular weight excluding hydrogens is 347 g/mol. The third kappa shape index (κ3) is 4.19. The smallest absolute Gasteiger partial charge is 0.313 e. The molecule has 0 unspecified atom stereocenters. The summed E-state index contributed by atoms with van der Waals surface area (Å²) >= 11 is 0. The first kappa shape index (κ1) is 18.7. The number of halogens is 1. The van der Waals surface area contributed by atoms with Gasteiger partial charge in [0.05, 0.1) is 17.1 Å². The molecule has 1 N–H and O–H groups in total. The number of carbonyl (C=O) groups excluding carboxylic acids is 2. The van der Waals surface area contributed by atoms with E-state index in [9.17, 15) is 14.0 Å². The molecule has 0 radical (unpaired) electrons. The fourth-order valence-corrected chi connectivity index (χ4v) is 3.15. The van der Waals surface area contributed by atoms with Gasteiger partial charge >= 0.3 is 11.8 Å². The average Bonchev–Trinajstić information content (AvgIpc) is 2.68. The first-order valence-electron chi connectivity index (χ1n) is 8.83. The van der Waals surface area contributed by atoms with E-state index < -0.39 is 11.8 Å². The van der Waals surface area contributed by atoms with Crippen molar-refractivity contribution in [3.63, 3.8) is 0 Å². The van der Waals surface area contributed by atoms with Crippen LogP contribution in [0, 0.1) is 5.82 Å². The van der Waals surface area contributed by atoms with Crippen LogP contribution in [0.3, 0.4) is 0 Å². The Hall–Kier alpha value is -3.09. The lowest BCUT2D eigenvalue weighted by molar-refractivity contribution is -0.143. The summed E-state index contributed by atoms with van der Waals surface area (Å²) in [6, 6.07) is 13.9. The number of anilines is 3. The first-order valence-corrected chi connectivity index (χ1v) is 8.83. The molecule has 2 aromatic rings. The molecule has 0 aromatic heterocycles. The monoisotopic (exact) mass is 370 g/mol. The van der Waals surface area contributed by atoms with Crippen LogP contribution < -0.4 is 15.1 Å². The van der Waals surface area contributed by atoms with E-state index in [0.29, 0.717) is 37.6 Å². The molecule has 1 fully saturated rings. The van der Waals surface area contributed by atoms with Crippen molar-refractivity contribution in [2.24, 2.45) is 0 Å². The van der Waals surface area contributed by atoms with E-state index in [1.54, 1.807) is 30.3 Å². The van der Waals surface area contributed by atoms with E-state index in [-0.39, 0.29) is 5.82 Å². The van der Waals surface area contributed by atoms with Crippen molar-refractivity contribution >= 4 is 28.9 Å². The van der Waals surface area contributed by atoms with Crippen LogP contribution in [-0.2, 0) is 9.59 Å². The number of nitrogens with zero attached hydrogens (tertiary/aromatic N) is 3. The Morgan fingerprint density at radius 1 is 0.963 bits per heavy atom. The second-order valence-corrected chi connectivity index (χ2v) is 6.60. The van der Waals surface area contributed by atoms with Crippen LogP contribution in [0.1, 0.15) is 0 Å². The number of amides is 2. The Kier molecular flexibility index (Phi) is 5.59. The van der Waals surface area contributed by atoms with Crippen LogP contribution in [0.15, 0.2) is 48.5 Å². The van der Waals surface area contributed by atoms with E-state index in [1.165, 1.54) is 11.0 Å². The third-order valence-corrected chi connectivity index (χ3v) is 4.59. The maximum absolute atomic E-state index is 13.9. The highest BCUT2D eigenvalue weighted by Crippen LogP contribution is 2.24. The van der Waals surface area contributed by atoms with Gasteiger partial charge in [-0.3, -0.25) is 9.59 Å². The van der Waals surface area contributed by atoms with Crippen molar-refractivity contribution in [2.45, 2.75) is 0 Å². The lowest BCUT2D eigenvalue weighted by atomic mass is 10.2. The normalized spacial score (nSPS) is 14.0. The van der Waals surface area contributed by atoms with Crippen LogP contribution in [-0.4, -0.2) is 57.0 Å². The van der Waals surface area contributed by atoms with Gasteiger partial charge in [-0.25, -0.2) is 4.39 Å². The highest BCUT2D eigenvalue weighted by Gasteiger charge is 2.27. The molecule has 6 nitrogen and oxygen atoms in total. The number of hydrogen-bond donors (Lipinski definition) is 1. The van der Waals surface area contributed by atoms with Crippen molar-refractivity contribution in [2.75, 3.05) is 55.4 Å². The van der Waals surface area contributed by atoms with Crippen LogP contribution in [0.25, 0.3) is 0 Å². The van der Waals surface area contributed by atoms with Gasteiger partial charge in [0.1, 0.15) is 5.82 Å². The zero-order valence-electron chi connectivity index (χ0n) is 15.5. The van der Waals surface area contributed by atoms with Gasteiger partial charge in [-0.2, -0.15) is 0 Å². The fourth-order valence-electron chi connectivity index (χ4n) is 3.15. The summed E-state index contributed by atoms with van der Waals surface area (Å²) < 4.78 is 13.9. The van der Waals surface area contributed by atoms with Crippen molar-refractivity contribution in [1.82, 2.24) is 4.90 Å². The summed E-state index contributed by atoms with van der Waals surface area (Å²) in [7, 11) is 3.74. The van der Waals surface area contributed by atoms with Gasteiger partial charge in [0, 0.05) is 40.3 Å². The number of hydrogen-bond acceptors (Lipinski definition) is 4. The predicted octanol–water partition coefficient (Wildman–Crippen LogP) is 2.18. The molecule has 3 rings (SSSR count). The number of benzene rings is 2. The van der Waals surface area contributed by atoms with Gasteiger partial charge in [-0.15, -0.1) is 0 Å². The Balaban J connectivity index is 1.61. The Morgan fingerprint density at radius 3 is 2.26 bits per heavy atom. The maximum Gasteiger partial charge on any atom is 0.313 e. The molecule has 0 saturated carbocycles. The van der Waals surface area contributed by atoms with E-state index in [2.05, 4.69) is 5.32 Å². The average molecular weight is 370 g/mol. The molecule has 1 aliphatic heterocycles. The molecule has 2 amide bonds. The molecule has 0 aliphatic carbocycles. The van der Waals surface area contributed by atoms with Gasteiger partial charge < -0.3 is 20.0 Å². The van der Waals surface area contributed by atoms with Gasteiger partial charge in [0.15, 0.2) is 0 Å². The molecule has 0 bridgehead atoms. The zero-order valence-corrected chi connectivity index (χ0v) is 15.5. The second kappa shape index (κ2) is 8.07. The molecule has 1 aliphatic rings. The Morgan fingerprint density at radius 2 is 1.59 bits per heavy atom. The summed E-state index contributed by atoms with van der Waals surface area (Å²) in [5.74, 6) is -1.52. The van der Waals surface area contributed by atoms with Crippen LogP contribution >= 0.6 is 0 Å². The van der Waals surface area contributed by atoms with E-state index in [1.807, 2.05) is 36.0 Å². The van der Waals surface area contributed by atoms with Gasteiger partial charge in [-0.1, -0.05) is 24.3 Å². The van der Waals surface area contributed by atoms with Gasteiger partial charge in [-0.05, 0) is 24.3 Å². The molecule has 0 atom stereocenters. The largest absolute Gasteiger partial charge is 0.376 e. The standard InChI is InChI=1S/C20H23FN4O2/c1-23(2)18-10-6-4-8-16(18)22-19(26)20(27)25-13-11-24(12-14-25)17-9-5-3-7-15(17)21/h3-10H,11-14H2,1-2H3,(H,22,26). The van der Waals surface area contributed by atoms with Crippen LogP contribution in [0.4, 0.5) is 21.5 Å². The molecule has 0 spiro atoms. The molecule has 142 valence electrons. The lowest BCUT2D eigenvalue weighted by Gasteiger charge is -2.35. The number of para-hydroxylation sites is 3. The first-order chi connectivity index (χ1) is 13.0. The summed E-state index contributed by atoms with van der Waals surface area (Å²) in [5.41, 5.74) is 1.93. The zero-order chi connectivity index (χ0) is 19.4. The highest BCUT2D eigenvalue weighted by atomic mass is 19.1. The second-order valence-electron chi connectivity index (χ2n) is 6.60. The fraction of sp³-hybridized carbons (Fsp3) is 0.300. The highest BCUT2D eigenvalue weighted by molar-refractivity contribution is 6.39. The molecule has 27 heavy (non-hydrogen) atoms. The van der Waals surface area contributed by atoms with Crippen LogP contribution in [0.2, 0.25) is 0 Å². The van der Waals surface area contributed by atoms with Crippen LogP contribution in [0.5, 0.6) is 0 Å². The number of nitrogens with one attached hydrogen (secondary N) is 1. The molecule has 7 heteroatoms. The minimum atomic E-state index is -0.663. The SMILES string of the molecule is CN(C)c1ccccc1NC(=O)C(=O)N1CCN(c2ccccc2F)CC1. The Bertz CT molecular complexity index is 832.